The van der Waals surface area contributed by atoms with Gasteiger partial charge in [0.2, 0.25) is 5.95 Å². The van der Waals surface area contributed by atoms with E-state index in [4.69, 9.17) is 16.3 Å². The first-order valence-electron chi connectivity index (χ1n) is 8.26. The monoisotopic (exact) mass is 360 g/mol. The summed E-state index contributed by atoms with van der Waals surface area (Å²) in [6, 6.07) is 9.30. The van der Waals surface area contributed by atoms with Crippen LogP contribution in [0.4, 0.5) is 16.6 Å². The smallest absolute Gasteiger partial charge is 0.415 e. The number of halogens is 1. The third kappa shape index (κ3) is 3.85. The molecular weight excluding hydrogens is 340 g/mol. The predicted molar refractivity (Wildman–Crippen MR) is 98.0 cm³/mol. The first kappa shape index (κ1) is 17.5. The van der Waals surface area contributed by atoms with Gasteiger partial charge in [-0.1, -0.05) is 37.6 Å². The summed E-state index contributed by atoms with van der Waals surface area (Å²) in [7, 11) is 0. The standard InChI is InChI=1S/C18H21ClN4O2/c1-11(2)15-10-25-18(24)23(15)16-8-9-20-17(22-16)21-12(3)13-4-6-14(19)7-5-13/h4-9,11-12,15H,10H2,1-3H3,(H,20,21,22)/t12-,15?/m1/s1. The number of hydrogen-bond donors (Lipinski definition) is 1. The average molecular weight is 361 g/mol. The molecule has 6 nitrogen and oxygen atoms in total. The van der Waals surface area contributed by atoms with Crippen LogP contribution in [0.15, 0.2) is 36.5 Å². The van der Waals surface area contributed by atoms with Crippen LogP contribution in [0.3, 0.4) is 0 Å². The van der Waals surface area contributed by atoms with Crippen LogP contribution in [-0.2, 0) is 4.74 Å². The number of carbonyl (C=O) groups excluding carboxylic acids is 1. The number of aromatic nitrogens is 2. The van der Waals surface area contributed by atoms with Gasteiger partial charge >= 0.3 is 6.09 Å². The maximum atomic E-state index is 12.1. The number of cyclic esters (lactones) is 1. The zero-order chi connectivity index (χ0) is 18.0. The van der Waals surface area contributed by atoms with E-state index in [1.165, 1.54) is 0 Å². The van der Waals surface area contributed by atoms with E-state index in [-0.39, 0.29) is 24.1 Å². The molecule has 2 atom stereocenters. The number of rotatable bonds is 5. The molecule has 132 valence electrons. The lowest BCUT2D eigenvalue weighted by molar-refractivity contribution is 0.177. The maximum Gasteiger partial charge on any atom is 0.415 e. The van der Waals surface area contributed by atoms with Gasteiger partial charge in [0.15, 0.2) is 0 Å². The van der Waals surface area contributed by atoms with Crippen molar-refractivity contribution in [2.24, 2.45) is 5.92 Å². The highest BCUT2D eigenvalue weighted by Gasteiger charge is 2.37. The molecule has 1 saturated heterocycles. The number of amides is 1. The molecule has 0 spiro atoms. The van der Waals surface area contributed by atoms with Gasteiger partial charge in [-0.15, -0.1) is 0 Å². The molecule has 0 bridgehead atoms. The van der Waals surface area contributed by atoms with Crippen molar-refractivity contribution in [2.75, 3.05) is 16.8 Å². The van der Waals surface area contributed by atoms with Crippen molar-refractivity contribution in [1.82, 2.24) is 9.97 Å². The Morgan fingerprint density at radius 2 is 1.96 bits per heavy atom. The van der Waals surface area contributed by atoms with E-state index < -0.39 is 0 Å². The Hall–Kier alpha value is -2.34. The maximum absolute atomic E-state index is 12.1. The molecule has 1 aromatic carbocycles. The van der Waals surface area contributed by atoms with Crippen LogP contribution in [0.2, 0.25) is 5.02 Å². The molecule has 1 fully saturated rings. The van der Waals surface area contributed by atoms with E-state index in [2.05, 4.69) is 29.1 Å². The highest BCUT2D eigenvalue weighted by Crippen LogP contribution is 2.26. The zero-order valence-electron chi connectivity index (χ0n) is 14.4. The second-order valence-corrected chi connectivity index (χ2v) is 6.85. The van der Waals surface area contributed by atoms with Gasteiger partial charge in [0.05, 0.1) is 12.1 Å². The summed E-state index contributed by atoms with van der Waals surface area (Å²) in [5.41, 5.74) is 1.07. The van der Waals surface area contributed by atoms with Crippen molar-refractivity contribution < 1.29 is 9.53 Å². The Labute approximate surface area is 152 Å². The number of nitrogens with one attached hydrogen (secondary N) is 1. The van der Waals surface area contributed by atoms with Crippen LogP contribution in [0.25, 0.3) is 0 Å². The second-order valence-electron chi connectivity index (χ2n) is 6.41. The van der Waals surface area contributed by atoms with Crippen LogP contribution >= 0.6 is 11.6 Å². The van der Waals surface area contributed by atoms with Gasteiger partial charge in [-0.3, -0.25) is 4.90 Å². The molecule has 0 aliphatic carbocycles. The number of ether oxygens (including phenoxy) is 1. The summed E-state index contributed by atoms with van der Waals surface area (Å²) >= 11 is 5.93. The van der Waals surface area contributed by atoms with E-state index in [9.17, 15) is 4.79 Å². The van der Waals surface area contributed by atoms with Gasteiger partial charge in [0.1, 0.15) is 12.4 Å². The molecule has 7 heteroatoms. The van der Waals surface area contributed by atoms with Crippen molar-refractivity contribution >= 4 is 29.5 Å². The summed E-state index contributed by atoms with van der Waals surface area (Å²) in [6.07, 6.45) is 1.27. The molecule has 1 unspecified atom stereocenters. The van der Waals surface area contributed by atoms with Crippen LogP contribution in [-0.4, -0.2) is 28.7 Å². The predicted octanol–water partition coefficient (Wildman–Crippen LogP) is 4.28. The van der Waals surface area contributed by atoms with Crippen molar-refractivity contribution in [3.8, 4) is 0 Å². The molecule has 25 heavy (non-hydrogen) atoms. The van der Waals surface area contributed by atoms with E-state index in [0.29, 0.717) is 23.4 Å². The fraction of sp³-hybridized carbons (Fsp3) is 0.389. The summed E-state index contributed by atoms with van der Waals surface area (Å²) in [5.74, 6) is 1.27. The van der Waals surface area contributed by atoms with Crippen molar-refractivity contribution in [3.05, 3.63) is 47.1 Å². The van der Waals surface area contributed by atoms with Crippen molar-refractivity contribution in [3.63, 3.8) is 0 Å². The Morgan fingerprint density at radius 1 is 1.24 bits per heavy atom. The molecule has 3 rings (SSSR count). The van der Waals surface area contributed by atoms with Gasteiger partial charge in [0, 0.05) is 11.2 Å². The Bertz CT molecular complexity index is 751. The highest BCUT2D eigenvalue weighted by atomic mass is 35.5. The van der Waals surface area contributed by atoms with E-state index >= 15 is 0 Å². The first-order valence-corrected chi connectivity index (χ1v) is 8.64. The quantitative estimate of drug-likeness (QED) is 0.861. The third-order valence-corrected chi connectivity index (χ3v) is 4.53. The molecule has 1 N–H and O–H groups in total. The largest absolute Gasteiger partial charge is 0.447 e. The summed E-state index contributed by atoms with van der Waals surface area (Å²) < 4.78 is 5.19. The van der Waals surface area contributed by atoms with Crippen LogP contribution in [0.1, 0.15) is 32.4 Å². The second kappa shape index (κ2) is 7.27. The number of benzene rings is 1. The number of carbonyl (C=O) groups is 1. The minimum absolute atomic E-state index is 0.000980. The lowest BCUT2D eigenvalue weighted by Crippen LogP contribution is -2.37. The molecule has 0 radical (unpaired) electrons. The van der Waals surface area contributed by atoms with E-state index in [0.717, 1.165) is 5.56 Å². The van der Waals surface area contributed by atoms with Gasteiger partial charge in [-0.25, -0.2) is 9.78 Å². The van der Waals surface area contributed by atoms with E-state index in [1.54, 1.807) is 17.2 Å². The minimum atomic E-state index is -0.367. The van der Waals surface area contributed by atoms with Crippen molar-refractivity contribution in [2.45, 2.75) is 32.9 Å². The lowest BCUT2D eigenvalue weighted by Gasteiger charge is -2.23. The Kier molecular flexibility index (Phi) is 5.08. The highest BCUT2D eigenvalue weighted by molar-refractivity contribution is 6.30. The molecule has 2 aromatic rings. The van der Waals surface area contributed by atoms with Gasteiger partial charge < -0.3 is 10.1 Å². The lowest BCUT2D eigenvalue weighted by atomic mass is 10.0. The third-order valence-electron chi connectivity index (χ3n) is 4.28. The van der Waals surface area contributed by atoms with Crippen LogP contribution in [0, 0.1) is 5.92 Å². The summed E-state index contributed by atoms with van der Waals surface area (Å²) in [5, 5.41) is 3.95. The number of anilines is 2. The molecule has 1 aliphatic heterocycles. The topological polar surface area (TPSA) is 67.3 Å². The SMILES string of the molecule is CC(C)C1COC(=O)N1c1ccnc(N[C@H](C)c2ccc(Cl)cc2)n1. The summed E-state index contributed by atoms with van der Waals surface area (Å²) in [6.45, 7) is 6.51. The molecule has 1 amide bonds. The minimum Gasteiger partial charge on any atom is -0.447 e. The zero-order valence-corrected chi connectivity index (χ0v) is 15.2. The number of nitrogens with zero attached hydrogens (tertiary/aromatic N) is 3. The first-order chi connectivity index (χ1) is 12.0. The Morgan fingerprint density at radius 3 is 2.64 bits per heavy atom. The van der Waals surface area contributed by atoms with Gasteiger partial charge in [-0.05, 0) is 36.6 Å². The molecule has 1 aromatic heterocycles. The average Bonchev–Trinajstić information content (AvgIpc) is 2.97. The fourth-order valence-electron chi connectivity index (χ4n) is 2.77. The Balaban J connectivity index is 1.79. The molecule has 2 heterocycles. The van der Waals surface area contributed by atoms with Crippen LogP contribution in [0.5, 0.6) is 0 Å². The number of hydrogen-bond acceptors (Lipinski definition) is 5. The van der Waals surface area contributed by atoms with Crippen molar-refractivity contribution in [1.29, 1.82) is 0 Å². The van der Waals surface area contributed by atoms with Gasteiger partial charge in [0.25, 0.3) is 0 Å². The van der Waals surface area contributed by atoms with Crippen LogP contribution < -0.4 is 10.2 Å². The van der Waals surface area contributed by atoms with Gasteiger partial charge in [-0.2, -0.15) is 4.98 Å². The fourth-order valence-corrected chi connectivity index (χ4v) is 2.90. The summed E-state index contributed by atoms with van der Waals surface area (Å²) in [4.78, 5) is 22.4. The molecule has 0 saturated carbocycles. The molecular formula is C18H21ClN4O2. The van der Waals surface area contributed by atoms with E-state index in [1.807, 2.05) is 31.2 Å². The normalized spacial score (nSPS) is 18.4. The molecule has 1 aliphatic rings.